The summed E-state index contributed by atoms with van der Waals surface area (Å²) in [7, 11) is 0. The molecule has 0 unspecified atom stereocenters. The van der Waals surface area contributed by atoms with E-state index in [1.165, 1.54) is 18.6 Å². The summed E-state index contributed by atoms with van der Waals surface area (Å²) in [6.45, 7) is 2.19. The van der Waals surface area contributed by atoms with Crippen LogP contribution in [-0.2, 0) is 6.61 Å². The minimum Gasteiger partial charge on any atom is -0.488 e. The lowest BCUT2D eigenvalue weighted by Gasteiger charge is -2.25. The fourth-order valence-electron chi connectivity index (χ4n) is 3.31. The van der Waals surface area contributed by atoms with E-state index in [2.05, 4.69) is 9.99 Å². The van der Waals surface area contributed by atoms with Crippen LogP contribution in [-0.4, -0.2) is 33.5 Å². The number of benzene rings is 2. The van der Waals surface area contributed by atoms with Crippen molar-refractivity contribution < 1.29 is 9.13 Å². The molecule has 1 aromatic heterocycles. The van der Waals surface area contributed by atoms with Crippen LogP contribution in [0.1, 0.15) is 30.4 Å². The molecule has 0 aliphatic carbocycles. The number of para-hydroxylation sites is 1. The average molecular weight is 378 g/mol. The number of ether oxygens (including phenoxy) is 1. The van der Waals surface area contributed by atoms with Crippen molar-refractivity contribution in [3.05, 3.63) is 84.2 Å². The molecule has 0 N–H and O–H groups in total. The second-order valence-corrected chi connectivity index (χ2v) is 6.82. The molecule has 1 saturated heterocycles. The van der Waals surface area contributed by atoms with Gasteiger partial charge in [-0.05, 0) is 49.1 Å². The molecule has 0 radical (unpaired) electrons. The first-order chi connectivity index (χ1) is 13.8. The molecular weight excluding hydrogens is 355 g/mol. The van der Waals surface area contributed by atoms with Crippen molar-refractivity contribution in [1.82, 2.24) is 14.6 Å². The number of imidazole rings is 1. The van der Waals surface area contributed by atoms with Gasteiger partial charge in [0.1, 0.15) is 24.5 Å². The monoisotopic (exact) mass is 378 g/mol. The Balaban J connectivity index is 1.64. The molecule has 0 bridgehead atoms. The maximum absolute atomic E-state index is 13.5. The fourth-order valence-corrected chi connectivity index (χ4v) is 3.31. The molecule has 28 heavy (non-hydrogen) atoms. The number of hydrogen-bond acceptors (Lipinski definition) is 4. The first-order valence-corrected chi connectivity index (χ1v) is 9.58. The summed E-state index contributed by atoms with van der Waals surface area (Å²) < 4.78 is 21.4. The largest absolute Gasteiger partial charge is 0.488 e. The standard InChI is InChI=1S/C22H23FN4O/c23-19-8-6-7-18(15-19)16-28-21-10-3-2-9-20(21)22(26-14-11-24-17-26)25-27-12-4-1-5-13-27/h2-3,6-11,14-15,17H,1,4-5,12-13,16H2/b25-22-. The summed E-state index contributed by atoms with van der Waals surface area (Å²) in [5.74, 6) is 1.21. The molecule has 6 heteroatoms. The normalized spacial score (nSPS) is 14.9. The summed E-state index contributed by atoms with van der Waals surface area (Å²) in [5.41, 5.74) is 1.66. The van der Waals surface area contributed by atoms with Crippen molar-refractivity contribution in [2.24, 2.45) is 5.10 Å². The Morgan fingerprint density at radius 1 is 1.07 bits per heavy atom. The SMILES string of the molecule is Fc1cccc(COc2ccccc2/C(=N/N2CCCCC2)n2ccnc2)c1. The van der Waals surface area contributed by atoms with Gasteiger partial charge in [-0.3, -0.25) is 9.58 Å². The van der Waals surface area contributed by atoms with Gasteiger partial charge < -0.3 is 4.74 Å². The first kappa shape index (κ1) is 18.2. The number of aromatic nitrogens is 2. The average Bonchev–Trinajstić information content (AvgIpc) is 3.26. The number of nitrogens with zero attached hydrogens (tertiary/aromatic N) is 4. The third-order valence-corrected chi connectivity index (χ3v) is 4.73. The molecule has 0 amide bonds. The molecule has 4 rings (SSSR count). The quantitative estimate of drug-likeness (QED) is 0.491. The molecule has 1 aliphatic heterocycles. The Bertz CT molecular complexity index is 933. The summed E-state index contributed by atoms with van der Waals surface area (Å²) in [4.78, 5) is 4.18. The highest BCUT2D eigenvalue weighted by Crippen LogP contribution is 2.22. The van der Waals surface area contributed by atoms with Crippen molar-refractivity contribution >= 4 is 5.84 Å². The first-order valence-electron chi connectivity index (χ1n) is 9.58. The Morgan fingerprint density at radius 3 is 2.71 bits per heavy atom. The van der Waals surface area contributed by atoms with Gasteiger partial charge in [0.15, 0.2) is 5.84 Å². The predicted molar refractivity (Wildman–Crippen MR) is 107 cm³/mol. The summed E-state index contributed by atoms with van der Waals surface area (Å²) >= 11 is 0. The number of rotatable bonds is 5. The molecule has 0 atom stereocenters. The van der Waals surface area contributed by atoms with Crippen molar-refractivity contribution in [2.75, 3.05) is 13.1 Å². The van der Waals surface area contributed by atoms with Crippen LogP contribution in [0.4, 0.5) is 4.39 Å². The minimum absolute atomic E-state index is 0.264. The van der Waals surface area contributed by atoms with Crippen LogP contribution in [0, 0.1) is 5.82 Å². The number of hydrazone groups is 1. The maximum atomic E-state index is 13.5. The van der Waals surface area contributed by atoms with E-state index in [0.717, 1.165) is 42.9 Å². The van der Waals surface area contributed by atoms with Gasteiger partial charge in [0, 0.05) is 25.5 Å². The van der Waals surface area contributed by atoms with E-state index in [0.29, 0.717) is 5.75 Å². The van der Waals surface area contributed by atoms with Gasteiger partial charge in [-0.2, -0.15) is 5.10 Å². The van der Waals surface area contributed by atoms with Crippen molar-refractivity contribution in [3.63, 3.8) is 0 Å². The van der Waals surface area contributed by atoms with E-state index >= 15 is 0 Å². The topological polar surface area (TPSA) is 42.6 Å². The summed E-state index contributed by atoms with van der Waals surface area (Å²) in [5, 5.41) is 7.02. The van der Waals surface area contributed by atoms with Crippen molar-refractivity contribution in [2.45, 2.75) is 25.9 Å². The highest BCUT2D eigenvalue weighted by Gasteiger charge is 2.16. The van der Waals surface area contributed by atoms with E-state index in [1.807, 2.05) is 41.1 Å². The Labute approximate surface area is 164 Å². The zero-order chi connectivity index (χ0) is 19.2. The molecule has 144 valence electrons. The Morgan fingerprint density at radius 2 is 1.93 bits per heavy atom. The molecule has 0 saturated carbocycles. The third kappa shape index (κ3) is 4.39. The molecular formula is C22H23FN4O. The second-order valence-electron chi connectivity index (χ2n) is 6.82. The smallest absolute Gasteiger partial charge is 0.169 e. The molecule has 1 fully saturated rings. The Kier molecular flexibility index (Phi) is 5.66. The van der Waals surface area contributed by atoms with Crippen LogP contribution in [0.2, 0.25) is 0 Å². The predicted octanol–water partition coefficient (Wildman–Crippen LogP) is 4.30. The van der Waals surface area contributed by atoms with Gasteiger partial charge in [-0.15, -0.1) is 0 Å². The van der Waals surface area contributed by atoms with Crippen LogP contribution < -0.4 is 4.74 Å². The van der Waals surface area contributed by atoms with Crippen LogP contribution in [0.3, 0.4) is 0 Å². The van der Waals surface area contributed by atoms with E-state index < -0.39 is 0 Å². The third-order valence-electron chi connectivity index (χ3n) is 4.73. The summed E-state index contributed by atoms with van der Waals surface area (Å²) in [6.07, 6.45) is 8.91. The molecule has 2 heterocycles. The van der Waals surface area contributed by atoms with Crippen LogP contribution in [0.5, 0.6) is 5.75 Å². The number of hydrogen-bond donors (Lipinski definition) is 0. The van der Waals surface area contributed by atoms with E-state index in [9.17, 15) is 4.39 Å². The van der Waals surface area contributed by atoms with Crippen LogP contribution in [0.15, 0.2) is 72.4 Å². The van der Waals surface area contributed by atoms with E-state index in [-0.39, 0.29) is 12.4 Å². The second kappa shape index (κ2) is 8.69. The summed E-state index contributed by atoms with van der Waals surface area (Å²) in [6, 6.07) is 14.3. The van der Waals surface area contributed by atoms with Gasteiger partial charge in [0.2, 0.25) is 0 Å². The van der Waals surface area contributed by atoms with Crippen molar-refractivity contribution in [1.29, 1.82) is 0 Å². The van der Waals surface area contributed by atoms with Gasteiger partial charge in [0.05, 0.1) is 5.56 Å². The number of halogens is 1. The van der Waals surface area contributed by atoms with Crippen LogP contribution in [0.25, 0.3) is 0 Å². The van der Waals surface area contributed by atoms with E-state index in [4.69, 9.17) is 9.84 Å². The van der Waals surface area contributed by atoms with Gasteiger partial charge in [-0.25, -0.2) is 9.37 Å². The maximum Gasteiger partial charge on any atom is 0.169 e. The minimum atomic E-state index is -0.264. The molecule has 3 aromatic rings. The lowest BCUT2D eigenvalue weighted by molar-refractivity contribution is 0.238. The Hall–Kier alpha value is -3.15. The van der Waals surface area contributed by atoms with E-state index in [1.54, 1.807) is 18.6 Å². The lowest BCUT2D eigenvalue weighted by atomic mass is 10.1. The highest BCUT2D eigenvalue weighted by atomic mass is 19.1. The zero-order valence-electron chi connectivity index (χ0n) is 15.7. The molecule has 0 spiro atoms. The van der Waals surface area contributed by atoms with Gasteiger partial charge >= 0.3 is 0 Å². The van der Waals surface area contributed by atoms with Gasteiger partial charge in [0.25, 0.3) is 0 Å². The molecule has 1 aliphatic rings. The lowest BCUT2D eigenvalue weighted by Crippen LogP contribution is -2.28. The molecule has 5 nitrogen and oxygen atoms in total. The van der Waals surface area contributed by atoms with Crippen LogP contribution >= 0.6 is 0 Å². The van der Waals surface area contributed by atoms with Gasteiger partial charge in [-0.1, -0.05) is 24.3 Å². The zero-order valence-corrected chi connectivity index (χ0v) is 15.7. The highest BCUT2D eigenvalue weighted by molar-refractivity contribution is 6.02. The fraction of sp³-hybridized carbons (Fsp3) is 0.273. The molecule has 2 aromatic carbocycles. The number of piperidine rings is 1. The van der Waals surface area contributed by atoms with Crippen molar-refractivity contribution in [3.8, 4) is 5.75 Å².